The van der Waals surface area contributed by atoms with Crippen LogP contribution in [-0.4, -0.2) is 45.0 Å². The van der Waals surface area contributed by atoms with Crippen LogP contribution in [0.25, 0.3) is 0 Å². The Kier molecular flexibility index (Phi) is 3.28. The van der Waals surface area contributed by atoms with E-state index in [1.54, 1.807) is 28.0 Å². The number of aliphatic imine (C=N–C) groups is 2. The average Bonchev–Trinajstić information content (AvgIpc) is 3.05. The summed E-state index contributed by atoms with van der Waals surface area (Å²) in [6.45, 7) is 2.88. The molecule has 1 aromatic heterocycles. The normalized spacial score (nSPS) is 20.3. The van der Waals surface area contributed by atoms with Crippen LogP contribution < -0.4 is 16.9 Å². The molecule has 0 amide bonds. The summed E-state index contributed by atoms with van der Waals surface area (Å²) in [7, 11) is 0. The van der Waals surface area contributed by atoms with Gasteiger partial charge in [-0.05, 0) is 13.0 Å². The topological polar surface area (TPSA) is 134 Å². The molecule has 21 heavy (non-hydrogen) atoms. The summed E-state index contributed by atoms with van der Waals surface area (Å²) in [4.78, 5) is 8.84. The van der Waals surface area contributed by atoms with Gasteiger partial charge < -0.3 is 16.9 Å². The summed E-state index contributed by atoms with van der Waals surface area (Å²) < 4.78 is 1.70. The average molecular weight is 287 g/mol. The minimum absolute atomic E-state index is 0.274. The standard InChI is InChI=1S/C12H17N9/c1-2-3-8(14)9-17-11-7-6-16-20(5-4-13)10(7)18-12(15)21(11)19-9/h2-3,6,9,14,19H,4-5,13H2,1H3,(H2,15,18)/b3-2+,14-8?. The van der Waals surface area contributed by atoms with E-state index in [1.165, 1.54) is 0 Å². The summed E-state index contributed by atoms with van der Waals surface area (Å²) in [5.74, 6) is 1.55. The van der Waals surface area contributed by atoms with Gasteiger partial charge in [0.15, 0.2) is 17.8 Å². The molecule has 2 aliphatic rings. The van der Waals surface area contributed by atoms with Crippen molar-refractivity contribution in [2.75, 3.05) is 6.54 Å². The lowest BCUT2D eigenvalue weighted by Crippen LogP contribution is -2.51. The van der Waals surface area contributed by atoms with Gasteiger partial charge in [-0.15, -0.1) is 0 Å². The Labute approximate surface area is 121 Å². The van der Waals surface area contributed by atoms with Gasteiger partial charge in [-0.25, -0.2) is 14.7 Å². The first-order valence-electron chi connectivity index (χ1n) is 6.61. The number of hydrogen-bond acceptors (Lipinski definition) is 8. The molecule has 3 rings (SSSR count). The molecule has 1 unspecified atom stereocenters. The third-order valence-electron chi connectivity index (χ3n) is 3.20. The highest BCUT2D eigenvalue weighted by atomic mass is 15.6. The van der Waals surface area contributed by atoms with E-state index < -0.39 is 6.17 Å². The number of allylic oxidation sites excluding steroid dienone is 1. The van der Waals surface area contributed by atoms with Gasteiger partial charge in [-0.3, -0.25) is 0 Å². The summed E-state index contributed by atoms with van der Waals surface area (Å²) in [6.07, 6.45) is 4.69. The van der Waals surface area contributed by atoms with Crippen LogP contribution in [0.4, 0.5) is 5.82 Å². The summed E-state index contributed by atoms with van der Waals surface area (Å²) in [5, 5.41) is 13.8. The molecule has 0 spiro atoms. The Bertz CT molecular complexity index is 666. The summed E-state index contributed by atoms with van der Waals surface area (Å²) in [5.41, 5.74) is 15.7. The third-order valence-corrected chi connectivity index (χ3v) is 3.20. The number of rotatable bonds is 4. The second-order valence-electron chi connectivity index (χ2n) is 4.64. The summed E-state index contributed by atoms with van der Waals surface area (Å²) in [6, 6.07) is 0. The molecule has 110 valence electrons. The third kappa shape index (κ3) is 2.12. The Balaban J connectivity index is 2.00. The molecule has 9 heteroatoms. The predicted octanol–water partition coefficient (Wildman–Crippen LogP) is -0.710. The van der Waals surface area contributed by atoms with Crippen LogP contribution >= 0.6 is 0 Å². The Morgan fingerprint density at radius 3 is 3.10 bits per heavy atom. The highest BCUT2D eigenvalue weighted by Gasteiger charge is 2.35. The van der Waals surface area contributed by atoms with Gasteiger partial charge in [-0.2, -0.15) is 15.5 Å². The number of amidine groups is 1. The largest absolute Gasteiger partial charge is 0.368 e. The zero-order valence-electron chi connectivity index (χ0n) is 11.6. The summed E-state index contributed by atoms with van der Waals surface area (Å²) >= 11 is 0. The number of nitrogens with two attached hydrogens (primary N) is 2. The van der Waals surface area contributed by atoms with E-state index in [0.29, 0.717) is 30.5 Å². The van der Waals surface area contributed by atoms with E-state index in [4.69, 9.17) is 16.9 Å². The SMILES string of the molecule is C/C=C/C(=N)C1N=C2c3cnn(CCN)c3N=C(N)N2N1. The molecular weight excluding hydrogens is 270 g/mol. The van der Waals surface area contributed by atoms with Crippen LogP contribution in [-0.2, 0) is 6.54 Å². The van der Waals surface area contributed by atoms with E-state index >= 15 is 0 Å². The zero-order valence-corrected chi connectivity index (χ0v) is 11.6. The Morgan fingerprint density at radius 2 is 2.38 bits per heavy atom. The van der Waals surface area contributed by atoms with Crippen LogP contribution in [0, 0.1) is 5.41 Å². The number of fused-ring (bicyclic) bond motifs is 3. The fraction of sp³-hybridized carbons (Fsp3) is 0.333. The van der Waals surface area contributed by atoms with Gasteiger partial charge in [0.1, 0.15) is 0 Å². The van der Waals surface area contributed by atoms with Crippen molar-refractivity contribution >= 4 is 23.3 Å². The highest BCUT2D eigenvalue weighted by Crippen LogP contribution is 2.27. The van der Waals surface area contributed by atoms with Crippen LogP contribution in [0.15, 0.2) is 28.3 Å². The number of nitrogens with one attached hydrogen (secondary N) is 2. The molecule has 0 saturated heterocycles. The monoisotopic (exact) mass is 287 g/mol. The maximum Gasteiger partial charge on any atom is 0.219 e. The zero-order chi connectivity index (χ0) is 15.0. The molecule has 3 heterocycles. The molecule has 0 saturated carbocycles. The van der Waals surface area contributed by atoms with Gasteiger partial charge in [-0.1, -0.05) is 6.08 Å². The van der Waals surface area contributed by atoms with Crippen molar-refractivity contribution in [1.82, 2.24) is 20.2 Å². The molecule has 2 aliphatic heterocycles. The molecular formula is C12H17N9. The van der Waals surface area contributed by atoms with E-state index in [-0.39, 0.29) is 5.96 Å². The van der Waals surface area contributed by atoms with Gasteiger partial charge in [0.2, 0.25) is 5.96 Å². The lowest BCUT2D eigenvalue weighted by molar-refractivity contribution is 0.456. The van der Waals surface area contributed by atoms with Crippen molar-refractivity contribution in [2.45, 2.75) is 19.6 Å². The van der Waals surface area contributed by atoms with Crippen LogP contribution in [0.5, 0.6) is 0 Å². The first-order chi connectivity index (χ1) is 10.2. The van der Waals surface area contributed by atoms with Crippen molar-refractivity contribution in [3.63, 3.8) is 0 Å². The number of hydrogen-bond donors (Lipinski definition) is 4. The molecule has 1 aromatic rings. The van der Waals surface area contributed by atoms with Crippen molar-refractivity contribution in [1.29, 1.82) is 5.41 Å². The second-order valence-corrected chi connectivity index (χ2v) is 4.64. The fourth-order valence-corrected chi connectivity index (χ4v) is 2.27. The molecule has 1 atom stereocenters. The molecule has 6 N–H and O–H groups in total. The number of aromatic nitrogens is 2. The second kappa shape index (κ2) is 5.11. The van der Waals surface area contributed by atoms with Crippen LogP contribution in [0.3, 0.4) is 0 Å². The van der Waals surface area contributed by atoms with Crippen molar-refractivity contribution < 1.29 is 0 Å². The number of hydrazine groups is 1. The highest BCUT2D eigenvalue weighted by molar-refractivity contribution is 6.16. The predicted molar refractivity (Wildman–Crippen MR) is 80.4 cm³/mol. The lowest BCUT2D eigenvalue weighted by Gasteiger charge is -2.23. The lowest BCUT2D eigenvalue weighted by atomic mass is 10.2. The van der Waals surface area contributed by atoms with E-state index in [0.717, 1.165) is 5.56 Å². The quantitative estimate of drug-likeness (QED) is 0.543. The molecule has 0 aliphatic carbocycles. The van der Waals surface area contributed by atoms with E-state index in [1.807, 2.05) is 6.92 Å². The Morgan fingerprint density at radius 1 is 1.57 bits per heavy atom. The smallest absolute Gasteiger partial charge is 0.219 e. The first-order valence-corrected chi connectivity index (χ1v) is 6.61. The fourth-order valence-electron chi connectivity index (χ4n) is 2.27. The first kappa shape index (κ1) is 13.5. The van der Waals surface area contributed by atoms with E-state index in [2.05, 4.69) is 20.5 Å². The van der Waals surface area contributed by atoms with Crippen molar-refractivity contribution in [3.05, 3.63) is 23.9 Å². The minimum atomic E-state index is -0.478. The minimum Gasteiger partial charge on any atom is -0.368 e. The van der Waals surface area contributed by atoms with Crippen molar-refractivity contribution in [3.8, 4) is 0 Å². The maximum absolute atomic E-state index is 7.96. The molecule has 0 bridgehead atoms. The van der Waals surface area contributed by atoms with E-state index in [9.17, 15) is 0 Å². The molecule has 0 aromatic carbocycles. The van der Waals surface area contributed by atoms with Gasteiger partial charge in [0.05, 0.1) is 24.0 Å². The number of nitrogens with zero attached hydrogens (tertiary/aromatic N) is 5. The van der Waals surface area contributed by atoms with Crippen LogP contribution in [0.1, 0.15) is 12.5 Å². The van der Waals surface area contributed by atoms with Crippen molar-refractivity contribution in [2.24, 2.45) is 21.5 Å². The van der Waals surface area contributed by atoms with Crippen LogP contribution in [0.2, 0.25) is 0 Å². The maximum atomic E-state index is 7.96. The van der Waals surface area contributed by atoms with Gasteiger partial charge >= 0.3 is 0 Å². The molecule has 0 fully saturated rings. The molecule has 9 nitrogen and oxygen atoms in total. The number of guanidine groups is 1. The Hall–Kier alpha value is -2.52. The molecule has 0 radical (unpaired) electrons. The van der Waals surface area contributed by atoms with Gasteiger partial charge in [0, 0.05) is 6.54 Å². The van der Waals surface area contributed by atoms with Gasteiger partial charge in [0.25, 0.3) is 0 Å².